The van der Waals surface area contributed by atoms with Crippen molar-refractivity contribution in [3.8, 4) is 0 Å². The number of carbonyl (C=O) groups is 1. The van der Waals surface area contributed by atoms with Crippen LogP contribution in [0, 0.1) is 0 Å². The van der Waals surface area contributed by atoms with Crippen molar-refractivity contribution >= 4 is 33.4 Å². The summed E-state index contributed by atoms with van der Waals surface area (Å²) in [5, 5.41) is 8.32. The molecule has 8 nitrogen and oxygen atoms in total. The Morgan fingerprint density at radius 3 is 2.52 bits per heavy atom. The van der Waals surface area contributed by atoms with E-state index in [1.54, 1.807) is 12.1 Å². The van der Waals surface area contributed by atoms with Gasteiger partial charge in [-0.1, -0.05) is 23.7 Å². The zero-order valence-electron chi connectivity index (χ0n) is 14.6. The molecular weight excluding hydrogens is 392 g/mol. The average molecular weight is 411 g/mol. The molecule has 1 aromatic heterocycles. The fraction of sp³-hybridized carbons (Fsp3) is 0.353. The number of halogens is 1. The number of nitrogens with zero attached hydrogens (tertiary/aromatic N) is 2. The van der Waals surface area contributed by atoms with Crippen LogP contribution < -0.4 is 10.5 Å². The first-order valence-electron chi connectivity index (χ1n) is 8.31. The summed E-state index contributed by atoms with van der Waals surface area (Å²) in [5.41, 5.74) is 0.965. The first kappa shape index (κ1) is 19.5. The second kappa shape index (κ2) is 7.79. The Labute approximate surface area is 162 Å². The molecule has 1 aromatic carbocycles. The normalized spacial score (nSPS) is 14.0. The van der Waals surface area contributed by atoms with Crippen LogP contribution in [-0.4, -0.2) is 38.0 Å². The van der Waals surface area contributed by atoms with Gasteiger partial charge in [-0.2, -0.15) is 0 Å². The third-order valence-corrected chi connectivity index (χ3v) is 5.44. The van der Waals surface area contributed by atoms with E-state index in [4.69, 9.17) is 21.5 Å². The number of sulfonamides is 1. The van der Waals surface area contributed by atoms with Gasteiger partial charge in [0.05, 0.1) is 12.0 Å². The quantitative estimate of drug-likeness (QED) is 0.669. The van der Waals surface area contributed by atoms with Gasteiger partial charge in [-0.25, -0.2) is 28.3 Å². The van der Waals surface area contributed by atoms with E-state index in [-0.39, 0.29) is 21.5 Å². The van der Waals surface area contributed by atoms with Crippen molar-refractivity contribution in [3.63, 3.8) is 0 Å². The van der Waals surface area contributed by atoms with E-state index >= 15 is 0 Å². The van der Waals surface area contributed by atoms with E-state index in [0.717, 1.165) is 18.4 Å². The number of methoxy groups -OCH3 is 1. The summed E-state index contributed by atoms with van der Waals surface area (Å²) in [7, 11) is -2.43. The van der Waals surface area contributed by atoms with Crippen molar-refractivity contribution in [2.24, 2.45) is 5.14 Å². The number of anilines is 1. The Kier molecular flexibility index (Phi) is 5.64. The van der Waals surface area contributed by atoms with Crippen molar-refractivity contribution in [2.45, 2.75) is 30.1 Å². The SMILES string of the molecule is COC(=O)c1nc(C2CC2)nc(NCCc2ccc(S(N)(=O)=O)cc2)c1Cl. The predicted molar refractivity (Wildman–Crippen MR) is 100 cm³/mol. The number of hydrogen-bond donors (Lipinski definition) is 2. The molecule has 10 heteroatoms. The van der Waals surface area contributed by atoms with Gasteiger partial charge in [-0.05, 0) is 37.0 Å². The molecule has 2 aromatic rings. The summed E-state index contributed by atoms with van der Waals surface area (Å²) in [4.78, 5) is 20.6. The molecule has 1 saturated carbocycles. The van der Waals surface area contributed by atoms with Gasteiger partial charge in [0.1, 0.15) is 16.7 Å². The predicted octanol–water partition coefficient (Wildman–Crippen LogP) is 2.10. The maximum Gasteiger partial charge on any atom is 0.358 e. The van der Waals surface area contributed by atoms with Gasteiger partial charge in [0.15, 0.2) is 5.69 Å². The minimum Gasteiger partial charge on any atom is -0.464 e. The largest absolute Gasteiger partial charge is 0.464 e. The fourth-order valence-corrected chi connectivity index (χ4v) is 3.25. The number of primary sulfonamides is 1. The van der Waals surface area contributed by atoms with Gasteiger partial charge < -0.3 is 10.1 Å². The number of carbonyl (C=O) groups excluding carboxylic acids is 1. The molecular formula is C17H19ClN4O4S. The Morgan fingerprint density at radius 1 is 1.30 bits per heavy atom. The van der Waals surface area contributed by atoms with Crippen LogP contribution in [0.2, 0.25) is 5.02 Å². The van der Waals surface area contributed by atoms with Gasteiger partial charge in [0.25, 0.3) is 0 Å². The first-order valence-corrected chi connectivity index (χ1v) is 10.2. The van der Waals surface area contributed by atoms with Crippen molar-refractivity contribution < 1.29 is 17.9 Å². The molecule has 1 aliphatic rings. The number of nitrogens with two attached hydrogens (primary N) is 1. The Balaban J connectivity index is 1.72. The fourth-order valence-electron chi connectivity index (χ4n) is 2.51. The molecule has 3 rings (SSSR count). The molecule has 0 spiro atoms. The molecule has 27 heavy (non-hydrogen) atoms. The van der Waals surface area contributed by atoms with Crippen LogP contribution in [0.4, 0.5) is 5.82 Å². The van der Waals surface area contributed by atoms with Gasteiger partial charge in [-0.3, -0.25) is 0 Å². The highest BCUT2D eigenvalue weighted by Gasteiger charge is 2.30. The maximum absolute atomic E-state index is 11.9. The zero-order valence-corrected chi connectivity index (χ0v) is 16.2. The highest BCUT2D eigenvalue weighted by atomic mass is 35.5. The second-order valence-corrected chi connectivity index (χ2v) is 8.16. The maximum atomic E-state index is 11.9. The van der Waals surface area contributed by atoms with Crippen LogP contribution in [0.3, 0.4) is 0 Å². The van der Waals surface area contributed by atoms with Gasteiger partial charge in [0.2, 0.25) is 10.0 Å². The van der Waals surface area contributed by atoms with E-state index in [1.165, 1.54) is 19.2 Å². The lowest BCUT2D eigenvalue weighted by Gasteiger charge is -2.12. The third kappa shape index (κ3) is 4.74. The van der Waals surface area contributed by atoms with Crippen LogP contribution >= 0.6 is 11.6 Å². The van der Waals surface area contributed by atoms with E-state index in [2.05, 4.69) is 15.3 Å². The van der Waals surface area contributed by atoms with Gasteiger partial charge >= 0.3 is 5.97 Å². The topological polar surface area (TPSA) is 124 Å². The number of nitrogens with one attached hydrogen (secondary N) is 1. The van der Waals surface area contributed by atoms with E-state index in [9.17, 15) is 13.2 Å². The number of aromatic nitrogens is 2. The zero-order chi connectivity index (χ0) is 19.6. The molecule has 0 radical (unpaired) electrons. The molecule has 0 atom stereocenters. The van der Waals surface area contributed by atoms with Gasteiger partial charge in [0, 0.05) is 12.5 Å². The van der Waals surface area contributed by atoms with Crippen LogP contribution in [0.15, 0.2) is 29.2 Å². The molecule has 1 fully saturated rings. The number of benzene rings is 1. The van der Waals surface area contributed by atoms with E-state index < -0.39 is 16.0 Å². The average Bonchev–Trinajstić information content (AvgIpc) is 3.47. The molecule has 0 unspecified atom stereocenters. The van der Waals surface area contributed by atoms with Crippen molar-refractivity contribution in [1.29, 1.82) is 0 Å². The molecule has 1 aliphatic carbocycles. The molecule has 3 N–H and O–H groups in total. The molecule has 0 amide bonds. The summed E-state index contributed by atoms with van der Waals surface area (Å²) >= 11 is 6.26. The molecule has 0 aliphatic heterocycles. The first-order chi connectivity index (χ1) is 12.8. The highest BCUT2D eigenvalue weighted by molar-refractivity contribution is 7.89. The van der Waals surface area contributed by atoms with Gasteiger partial charge in [-0.15, -0.1) is 0 Å². The van der Waals surface area contributed by atoms with Crippen molar-refractivity contribution in [1.82, 2.24) is 9.97 Å². The lowest BCUT2D eigenvalue weighted by atomic mass is 10.1. The molecule has 1 heterocycles. The van der Waals surface area contributed by atoms with E-state index in [0.29, 0.717) is 24.6 Å². The molecule has 0 saturated heterocycles. The standard InChI is InChI=1S/C17H19ClN4O4S/c1-26-17(23)14-13(18)16(22-15(21-14)11-4-5-11)20-9-8-10-2-6-12(7-3-10)27(19,24)25/h2-3,6-7,11H,4-5,8-9H2,1H3,(H2,19,24,25)(H,20,21,22). The minimum atomic E-state index is -3.71. The summed E-state index contributed by atoms with van der Waals surface area (Å²) in [6.07, 6.45) is 2.56. The smallest absolute Gasteiger partial charge is 0.358 e. The second-order valence-electron chi connectivity index (χ2n) is 6.22. The van der Waals surface area contributed by atoms with Crippen LogP contribution in [0.5, 0.6) is 0 Å². The number of esters is 1. The van der Waals surface area contributed by atoms with Crippen molar-refractivity contribution in [3.05, 3.63) is 46.4 Å². The highest BCUT2D eigenvalue weighted by Crippen LogP contribution is 2.39. The number of hydrogen-bond acceptors (Lipinski definition) is 7. The van der Waals surface area contributed by atoms with E-state index in [1.807, 2.05) is 0 Å². The summed E-state index contributed by atoms with van der Waals surface area (Å²) in [6, 6.07) is 6.31. The monoisotopic (exact) mass is 410 g/mol. The van der Waals surface area contributed by atoms with Crippen LogP contribution in [0.1, 0.15) is 40.6 Å². The third-order valence-electron chi connectivity index (χ3n) is 4.15. The lowest BCUT2D eigenvalue weighted by molar-refractivity contribution is 0.0593. The number of rotatable bonds is 7. The molecule has 144 valence electrons. The van der Waals surface area contributed by atoms with Crippen molar-refractivity contribution in [2.75, 3.05) is 19.0 Å². The Morgan fingerprint density at radius 2 is 1.96 bits per heavy atom. The minimum absolute atomic E-state index is 0.0519. The summed E-state index contributed by atoms with van der Waals surface area (Å²) in [6.45, 7) is 0.482. The van der Waals surface area contributed by atoms with Crippen LogP contribution in [-0.2, 0) is 21.2 Å². The molecule has 0 bridgehead atoms. The summed E-state index contributed by atoms with van der Waals surface area (Å²) in [5.74, 6) is 0.609. The summed E-state index contributed by atoms with van der Waals surface area (Å²) < 4.78 is 27.3. The number of ether oxygens (including phenoxy) is 1. The Hall–Kier alpha value is -2.23. The van der Waals surface area contributed by atoms with Crippen LogP contribution in [0.25, 0.3) is 0 Å². The lowest BCUT2D eigenvalue weighted by Crippen LogP contribution is -2.14. The Bertz CT molecular complexity index is 960.